The number of nitriles is 1. The molecular weight excluding hydrogens is 326 g/mol. The molecule has 6 nitrogen and oxygen atoms in total. The largest absolute Gasteiger partial charge is 0.497 e. The van der Waals surface area contributed by atoms with E-state index in [0.29, 0.717) is 16.4 Å². The number of thiazole rings is 1. The van der Waals surface area contributed by atoms with Crippen molar-refractivity contribution < 1.29 is 14.1 Å². The van der Waals surface area contributed by atoms with Gasteiger partial charge in [-0.3, -0.25) is 4.79 Å². The molecule has 2 aromatic heterocycles. The van der Waals surface area contributed by atoms with E-state index in [0.717, 1.165) is 11.3 Å². The van der Waals surface area contributed by atoms with Crippen LogP contribution in [-0.4, -0.2) is 23.0 Å². The number of rotatable bonds is 5. The first kappa shape index (κ1) is 15.9. The Labute approximate surface area is 142 Å². The molecule has 3 aromatic rings. The molecule has 0 aliphatic rings. The predicted molar refractivity (Wildman–Crippen MR) is 88.0 cm³/mol. The molecular formula is C17H13N3O3S. The number of nitrogens with zero attached hydrogens (tertiary/aromatic N) is 3. The lowest BCUT2D eigenvalue weighted by Crippen LogP contribution is -2.10. The van der Waals surface area contributed by atoms with Gasteiger partial charge in [0.25, 0.3) is 0 Å². The van der Waals surface area contributed by atoms with E-state index >= 15 is 0 Å². The number of Topliss-reactive ketones (excluding diaryl/α,β-unsaturated/α-hetero) is 1. The minimum absolute atomic E-state index is 0.0697. The molecule has 1 unspecified atom stereocenters. The van der Waals surface area contributed by atoms with Crippen LogP contribution in [0, 0.1) is 18.3 Å². The number of ether oxygens (including phenoxy) is 1. The van der Waals surface area contributed by atoms with Gasteiger partial charge in [-0.2, -0.15) is 5.26 Å². The van der Waals surface area contributed by atoms with E-state index in [1.54, 1.807) is 14.0 Å². The third-order valence-electron chi connectivity index (χ3n) is 3.42. The average molecular weight is 339 g/mol. The highest BCUT2D eigenvalue weighted by atomic mass is 32.1. The summed E-state index contributed by atoms with van der Waals surface area (Å²) in [5.41, 5.74) is 2.19. The number of aromatic nitrogens is 2. The number of aryl methyl sites for hydroxylation is 1. The van der Waals surface area contributed by atoms with E-state index < -0.39 is 11.7 Å². The van der Waals surface area contributed by atoms with Gasteiger partial charge >= 0.3 is 0 Å². The van der Waals surface area contributed by atoms with E-state index in [9.17, 15) is 10.1 Å². The van der Waals surface area contributed by atoms with Crippen LogP contribution < -0.4 is 4.74 Å². The zero-order valence-electron chi connectivity index (χ0n) is 13.0. The first-order valence-corrected chi connectivity index (χ1v) is 7.97. The van der Waals surface area contributed by atoms with Crippen LogP contribution >= 0.6 is 11.3 Å². The topological polar surface area (TPSA) is 89.0 Å². The Morgan fingerprint density at radius 2 is 2.12 bits per heavy atom. The zero-order valence-corrected chi connectivity index (χ0v) is 13.8. The smallest absolute Gasteiger partial charge is 0.224 e. The van der Waals surface area contributed by atoms with Gasteiger partial charge < -0.3 is 9.26 Å². The summed E-state index contributed by atoms with van der Waals surface area (Å²) in [5, 5.41) is 15.3. The van der Waals surface area contributed by atoms with Crippen molar-refractivity contribution in [1.29, 1.82) is 5.26 Å². The van der Waals surface area contributed by atoms with E-state index in [4.69, 9.17) is 9.26 Å². The average Bonchev–Trinajstić information content (AvgIpc) is 3.25. The van der Waals surface area contributed by atoms with Crippen LogP contribution in [0.2, 0.25) is 0 Å². The number of carbonyl (C=O) groups is 1. The molecule has 120 valence electrons. The maximum atomic E-state index is 12.4. The Hall–Kier alpha value is -2.98. The molecule has 0 radical (unpaired) electrons. The lowest BCUT2D eigenvalue weighted by Gasteiger charge is -2.02. The summed E-state index contributed by atoms with van der Waals surface area (Å²) in [6.45, 7) is 1.72. The van der Waals surface area contributed by atoms with Crippen LogP contribution in [0.15, 0.2) is 40.2 Å². The highest BCUT2D eigenvalue weighted by molar-refractivity contribution is 7.10. The Morgan fingerprint density at radius 1 is 1.38 bits per heavy atom. The Kier molecular flexibility index (Phi) is 4.40. The number of hydrogen-bond acceptors (Lipinski definition) is 7. The highest BCUT2D eigenvalue weighted by Crippen LogP contribution is 2.29. The van der Waals surface area contributed by atoms with Gasteiger partial charge in [0.15, 0.2) is 5.92 Å². The maximum Gasteiger partial charge on any atom is 0.224 e. The Balaban J connectivity index is 1.87. The van der Waals surface area contributed by atoms with Crippen molar-refractivity contribution in [3.05, 3.63) is 52.2 Å². The van der Waals surface area contributed by atoms with Crippen molar-refractivity contribution in [2.75, 3.05) is 7.11 Å². The first-order valence-electron chi connectivity index (χ1n) is 7.09. The molecule has 0 saturated heterocycles. The molecule has 0 aliphatic carbocycles. The number of hydrogen-bond donors (Lipinski definition) is 0. The molecule has 3 rings (SSSR count). The fourth-order valence-electron chi connectivity index (χ4n) is 2.16. The molecule has 0 spiro atoms. The Morgan fingerprint density at radius 3 is 2.71 bits per heavy atom. The van der Waals surface area contributed by atoms with Gasteiger partial charge in [0, 0.05) is 17.0 Å². The minimum Gasteiger partial charge on any atom is -0.497 e. The van der Waals surface area contributed by atoms with Gasteiger partial charge in [0.1, 0.15) is 10.8 Å². The van der Waals surface area contributed by atoms with E-state index in [1.165, 1.54) is 17.4 Å². The predicted octanol–water partition coefficient (Wildman–Crippen LogP) is 3.61. The summed E-state index contributed by atoms with van der Waals surface area (Å²) >= 11 is 1.27. The molecule has 0 N–H and O–H groups in total. The van der Waals surface area contributed by atoms with Crippen molar-refractivity contribution in [1.82, 2.24) is 10.1 Å². The fraction of sp³-hybridized carbons (Fsp3) is 0.176. The summed E-state index contributed by atoms with van der Waals surface area (Å²) in [5.74, 6) is -0.622. The minimum atomic E-state index is -1.01. The number of benzene rings is 1. The maximum absolute atomic E-state index is 12.4. The number of ketones is 1. The molecule has 0 aliphatic heterocycles. The Bertz CT molecular complexity index is 906. The third-order valence-corrected chi connectivity index (χ3v) is 4.33. The lowest BCUT2D eigenvalue weighted by atomic mass is 10.0. The van der Waals surface area contributed by atoms with Crippen LogP contribution in [-0.2, 0) is 0 Å². The summed E-state index contributed by atoms with van der Waals surface area (Å²) in [6.07, 6.45) is 0. The molecule has 0 fully saturated rings. The molecule has 2 heterocycles. The van der Waals surface area contributed by atoms with Gasteiger partial charge in [-0.25, -0.2) is 4.98 Å². The van der Waals surface area contributed by atoms with Crippen molar-refractivity contribution in [3.8, 4) is 23.1 Å². The summed E-state index contributed by atoms with van der Waals surface area (Å²) < 4.78 is 10.1. The van der Waals surface area contributed by atoms with Crippen molar-refractivity contribution in [3.63, 3.8) is 0 Å². The molecule has 0 saturated carbocycles. The summed E-state index contributed by atoms with van der Waals surface area (Å²) in [4.78, 5) is 16.8. The molecule has 0 bridgehead atoms. The standard InChI is InChI=1S/C17H13N3O3S/c1-10-7-15(23-20-10)16(21)13(8-18)17-19-14(9-24-17)11-3-5-12(22-2)6-4-11/h3-7,9,13H,1-2H3. The van der Waals surface area contributed by atoms with E-state index in [1.807, 2.05) is 35.7 Å². The van der Waals surface area contributed by atoms with E-state index in [2.05, 4.69) is 10.1 Å². The molecule has 1 atom stereocenters. The molecule has 0 amide bonds. The van der Waals surface area contributed by atoms with Gasteiger partial charge in [-0.05, 0) is 31.2 Å². The molecule has 7 heteroatoms. The van der Waals surface area contributed by atoms with Crippen LogP contribution in [0.5, 0.6) is 5.75 Å². The van der Waals surface area contributed by atoms with Crippen LogP contribution in [0.4, 0.5) is 0 Å². The summed E-state index contributed by atoms with van der Waals surface area (Å²) in [7, 11) is 1.60. The summed E-state index contributed by atoms with van der Waals surface area (Å²) in [6, 6.07) is 10.9. The normalized spacial score (nSPS) is 11.7. The van der Waals surface area contributed by atoms with Crippen molar-refractivity contribution >= 4 is 17.1 Å². The lowest BCUT2D eigenvalue weighted by molar-refractivity contribution is 0.0943. The first-order chi connectivity index (χ1) is 11.6. The van der Waals surface area contributed by atoms with Crippen molar-refractivity contribution in [2.45, 2.75) is 12.8 Å². The van der Waals surface area contributed by atoms with Crippen LogP contribution in [0.3, 0.4) is 0 Å². The quantitative estimate of drug-likeness (QED) is 0.660. The van der Waals surface area contributed by atoms with Crippen molar-refractivity contribution in [2.24, 2.45) is 0 Å². The SMILES string of the molecule is COc1ccc(-c2csc(C(C#N)C(=O)c3cc(C)no3)n2)cc1. The highest BCUT2D eigenvalue weighted by Gasteiger charge is 2.28. The van der Waals surface area contributed by atoms with Gasteiger partial charge in [-0.1, -0.05) is 5.16 Å². The molecule has 24 heavy (non-hydrogen) atoms. The second kappa shape index (κ2) is 6.64. The van der Waals surface area contributed by atoms with Gasteiger partial charge in [0.2, 0.25) is 11.5 Å². The van der Waals surface area contributed by atoms with Gasteiger partial charge in [0.05, 0.1) is 24.6 Å². The van der Waals surface area contributed by atoms with Gasteiger partial charge in [-0.15, -0.1) is 11.3 Å². The zero-order chi connectivity index (χ0) is 17.1. The van der Waals surface area contributed by atoms with E-state index in [-0.39, 0.29) is 5.76 Å². The second-order valence-electron chi connectivity index (χ2n) is 5.06. The monoisotopic (exact) mass is 339 g/mol. The second-order valence-corrected chi connectivity index (χ2v) is 5.95. The fourth-order valence-corrected chi connectivity index (χ4v) is 3.03. The number of methoxy groups -OCH3 is 1. The number of carbonyl (C=O) groups excluding carboxylic acids is 1. The van der Waals surface area contributed by atoms with Crippen LogP contribution in [0.1, 0.15) is 27.2 Å². The van der Waals surface area contributed by atoms with Crippen LogP contribution in [0.25, 0.3) is 11.3 Å². The third kappa shape index (κ3) is 3.05. The molecule has 1 aromatic carbocycles.